The molecule has 1 aliphatic heterocycles. The average Bonchev–Trinajstić information content (AvgIpc) is 3.24. The summed E-state index contributed by atoms with van der Waals surface area (Å²) >= 11 is 0. The van der Waals surface area contributed by atoms with Gasteiger partial charge in [-0.15, -0.1) is 0 Å². The Hall–Kier alpha value is -3.33. The van der Waals surface area contributed by atoms with Crippen LogP contribution in [-0.4, -0.2) is 50.9 Å². The van der Waals surface area contributed by atoms with Gasteiger partial charge in [-0.05, 0) is 50.6 Å². The minimum absolute atomic E-state index is 0.256. The summed E-state index contributed by atoms with van der Waals surface area (Å²) in [5.41, 5.74) is 3.56. The van der Waals surface area contributed by atoms with E-state index in [4.69, 9.17) is 0 Å². The first-order chi connectivity index (χ1) is 14.1. The summed E-state index contributed by atoms with van der Waals surface area (Å²) in [6.07, 6.45) is 9.29. The number of aromatic nitrogens is 5. The molecule has 3 aromatic rings. The summed E-state index contributed by atoms with van der Waals surface area (Å²) in [4.78, 5) is 24.7. The predicted molar refractivity (Wildman–Crippen MR) is 108 cm³/mol. The monoisotopic (exact) mass is 393 g/mol. The van der Waals surface area contributed by atoms with E-state index in [1.165, 1.54) is 7.11 Å². The molecule has 0 spiro atoms. The zero-order chi connectivity index (χ0) is 20.2. The molecule has 1 saturated heterocycles. The molecule has 2 N–H and O–H groups in total. The molecule has 4 rings (SSSR count). The number of anilines is 2. The van der Waals surface area contributed by atoms with Crippen molar-refractivity contribution in [1.82, 2.24) is 30.0 Å². The van der Waals surface area contributed by atoms with Crippen LogP contribution in [0.3, 0.4) is 0 Å². The first-order valence-corrected chi connectivity index (χ1v) is 9.54. The minimum atomic E-state index is -0.468. The molecular formula is C20H23N7O2. The number of ether oxygens (including phenoxy) is 1. The van der Waals surface area contributed by atoms with Crippen molar-refractivity contribution in [2.75, 3.05) is 25.5 Å². The largest absolute Gasteiger partial charge is 0.464 e. The van der Waals surface area contributed by atoms with Crippen LogP contribution >= 0.6 is 0 Å². The lowest BCUT2D eigenvalue weighted by molar-refractivity contribution is 0.0594. The van der Waals surface area contributed by atoms with E-state index in [-0.39, 0.29) is 5.69 Å². The van der Waals surface area contributed by atoms with Crippen LogP contribution in [0.2, 0.25) is 0 Å². The van der Waals surface area contributed by atoms with Crippen molar-refractivity contribution in [3.63, 3.8) is 0 Å². The highest BCUT2D eigenvalue weighted by Crippen LogP contribution is 2.24. The van der Waals surface area contributed by atoms with E-state index in [9.17, 15) is 4.79 Å². The fourth-order valence-electron chi connectivity index (χ4n) is 3.36. The molecule has 0 atom stereocenters. The van der Waals surface area contributed by atoms with Gasteiger partial charge in [0.15, 0.2) is 0 Å². The summed E-state index contributed by atoms with van der Waals surface area (Å²) in [6.45, 7) is 3.96. The maximum Gasteiger partial charge on any atom is 0.356 e. The van der Waals surface area contributed by atoms with Crippen molar-refractivity contribution in [1.29, 1.82) is 0 Å². The summed E-state index contributed by atoms with van der Waals surface area (Å²) in [5.74, 6) is 0.0107. The molecule has 1 aliphatic rings. The van der Waals surface area contributed by atoms with Gasteiger partial charge >= 0.3 is 5.97 Å². The van der Waals surface area contributed by atoms with E-state index in [2.05, 4.69) is 35.4 Å². The molecule has 0 amide bonds. The fourth-order valence-corrected chi connectivity index (χ4v) is 3.36. The van der Waals surface area contributed by atoms with Crippen LogP contribution in [0.25, 0.3) is 11.3 Å². The highest BCUT2D eigenvalue weighted by atomic mass is 16.5. The number of hydrogen-bond acceptors (Lipinski definition) is 8. The Bertz CT molecular complexity index is 994. The van der Waals surface area contributed by atoms with Crippen LogP contribution in [0.5, 0.6) is 0 Å². The van der Waals surface area contributed by atoms with Crippen molar-refractivity contribution in [2.24, 2.45) is 0 Å². The number of piperidine rings is 1. The minimum Gasteiger partial charge on any atom is -0.464 e. The van der Waals surface area contributed by atoms with Gasteiger partial charge in [0.1, 0.15) is 5.69 Å². The maximum absolute atomic E-state index is 11.6. The van der Waals surface area contributed by atoms with Gasteiger partial charge in [-0.25, -0.2) is 19.7 Å². The standard InChI is InChI=1S/C20H23N7O2/c1-13-9-23-20(25-15-11-24-27(12-15)16-5-7-21-8-6-16)26-18(13)14-3-4-17(22-10-14)19(28)29-2/h3-4,9-12,16,21H,5-8H2,1-2H3,(H,23,25,26). The summed E-state index contributed by atoms with van der Waals surface area (Å²) in [7, 11) is 1.33. The van der Waals surface area contributed by atoms with Crippen molar-refractivity contribution in [2.45, 2.75) is 25.8 Å². The zero-order valence-electron chi connectivity index (χ0n) is 16.4. The Morgan fingerprint density at radius 3 is 2.76 bits per heavy atom. The molecule has 29 heavy (non-hydrogen) atoms. The molecule has 0 aliphatic carbocycles. The molecule has 150 valence electrons. The maximum atomic E-state index is 11.6. The third-order valence-corrected chi connectivity index (χ3v) is 4.94. The number of esters is 1. The highest BCUT2D eigenvalue weighted by Gasteiger charge is 2.16. The first kappa shape index (κ1) is 19.0. The number of carbonyl (C=O) groups excluding carboxylic acids is 1. The second-order valence-corrected chi connectivity index (χ2v) is 6.96. The Kier molecular flexibility index (Phi) is 5.48. The lowest BCUT2D eigenvalue weighted by atomic mass is 10.1. The van der Waals surface area contributed by atoms with Gasteiger partial charge < -0.3 is 15.4 Å². The Balaban J connectivity index is 1.53. The van der Waals surface area contributed by atoms with Crippen LogP contribution < -0.4 is 10.6 Å². The van der Waals surface area contributed by atoms with Gasteiger partial charge in [0.2, 0.25) is 5.95 Å². The Labute approximate surface area is 168 Å². The first-order valence-electron chi connectivity index (χ1n) is 9.54. The van der Waals surface area contributed by atoms with Gasteiger partial charge in [-0.2, -0.15) is 5.10 Å². The molecule has 4 heterocycles. The van der Waals surface area contributed by atoms with Crippen molar-refractivity contribution < 1.29 is 9.53 Å². The number of nitrogens with one attached hydrogen (secondary N) is 2. The third kappa shape index (κ3) is 4.24. The Morgan fingerprint density at radius 1 is 1.21 bits per heavy atom. The molecule has 0 radical (unpaired) electrons. The van der Waals surface area contributed by atoms with Gasteiger partial charge in [0, 0.05) is 24.2 Å². The molecule has 0 aromatic carbocycles. The number of methoxy groups -OCH3 is 1. The molecule has 0 unspecified atom stereocenters. The van der Waals surface area contributed by atoms with Crippen LogP contribution in [0.1, 0.15) is 34.9 Å². The van der Waals surface area contributed by atoms with Crippen molar-refractivity contribution in [3.8, 4) is 11.3 Å². The number of hydrogen-bond donors (Lipinski definition) is 2. The molecule has 9 nitrogen and oxygen atoms in total. The van der Waals surface area contributed by atoms with Crippen molar-refractivity contribution >= 4 is 17.6 Å². The van der Waals surface area contributed by atoms with E-state index >= 15 is 0 Å². The molecule has 9 heteroatoms. The third-order valence-electron chi connectivity index (χ3n) is 4.94. The van der Waals surface area contributed by atoms with Crippen LogP contribution in [0, 0.1) is 6.92 Å². The van der Waals surface area contributed by atoms with Crippen LogP contribution in [0.15, 0.2) is 36.9 Å². The number of aryl methyl sites for hydroxylation is 1. The number of carbonyl (C=O) groups is 1. The lowest BCUT2D eigenvalue weighted by Gasteiger charge is -2.22. The summed E-state index contributed by atoms with van der Waals surface area (Å²) < 4.78 is 6.70. The number of nitrogens with zero attached hydrogens (tertiary/aromatic N) is 5. The van der Waals surface area contributed by atoms with Crippen LogP contribution in [-0.2, 0) is 4.74 Å². The van der Waals surface area contributed by atoms with E-state index < -0.39 is 5.97 Å². The normalized spacial score (nSPS) is 14.6. The second kappa shape index (κ2) is 8.36. The predicted octanol–water partition coefficient (Wildman–Crippen LogP) is 2.50. The SMILES string of the molecule is COC(=O)c1ccc(-c2nc(Nc3cnn(C4CCNCC4)c3)ncc2C)cn1. The topological polar surface area (TPSA) is 107 Å². The van der Waals surface area contributed by atoms with E-state index in [0.29, 0.717) is 12.0 Å². The Morgan fingerprint density at radius 2 is 2.03 bits per heavy atom. The van der Waals surface area contributed by atoms with Crippen LogP contribution in [0.4, 0.5) is 11.6 Å². The van der Waals surface area contributed by atoms with Crippen molar-refractivity contribution in [3.05, 3.63) is 48.2 Å². The second-order valence-electron chi connectivity index (χ2n) is 6.96. The molecule has 0 bridgehead atoms. The van der Waals surface area contributed by atoms with Gasteiger partial charge in [0.25, 0.3) is 0 Å². The van der Waals surface area contributed by atoms with Gasteiger partial charge in [-0.1, -0.05) is 0 Å². The molecule has 3 aromatic heterocycles. The molecule has 0 saturated carbocycles. The summed E-state index contributed by atoms with van der Waals surface area (Å²) in [5, 5.41) is 11.1. The average molecular weight is 393 g/mol. The lowest BCUT2D eigenvalue weighted by Crippen LogP contribution is -2.29. The van der Waals surface area contributed by atoms with Gasteiger partial charge in [-0.3, -0.25) is 4.68 Å². The van der Waals surface area contributed by atoms with Gasteiger partial charge in [0.05, 0.1) is 30.7 Å². The highest BCUT2D eigenvalue weighted by molar-refractivity contribution is 5.87. The number of pyridine rings is 1. The van der Waals surface area contributed by atoms with E-state index in [1.807, 2.05) is 17.8 Å². The smallest absolute Gasteiger partial charge is 0.356 e. The number of rotatable bonds is 5. The molecule has 1 fully saturated rings. The zero-order valence-corrected chi connectivity index (χ0v) is 16.4. The molecular weight excluding hydrogens is 370 g/mol. The quantitative estimate of drug-likeness (QED) is 0.637. The fraction of sp³-hybridized carbons (Fsp3) is 0.350. The van der Waals surface area contributed by atoms with E-state index in [1.54, 1.807) is 30.7 Å². The summed E-state index contributed by atoms with van der Waals surface area (Å²) in [6, 6.07) is 3.84. The van der Waals surface area contributed by atoms with E-state index in [0.717, 1.165) is 48.4 Å².